The van der Waals surface area contributed by atoms with Gasteiger partial charge in [0.1, 0.15) is 11.6 Å². The zero-order valence-corrected chi connectivity index (χ0v) is 16.4. The smallest absolute Gasteiger partial charge is 0.264 e. The molecule has 154 valence electrons. The highest BCUT2D eigenvalue weighted by Crippen LogP contribution is 2.18. The molecule has 1 N–H and O–H groups in total. The summed E-state index contributed by atoms with van der Waals surface area (Å²) in [5.74, 6) is 0.249. The topological polar surface area (TPSA) is 77.7 Å². The molecule has 0 spiro atoms. The molecule has 1 unspecified atom stereocenters. The van der Waals surface area contributed by atoms with E-state index in [9.17, 15) is 9.18 Å². The van der Waals surface area contributed by atoms with Crippen LogP contribution in [-0.2, 0) is 22.6 Å². The molecule has 0 saturated carbocycles. The Hall–Kier alpha value is -3.68. The van der Waals surface area contributed by atoms with E-state index in [0.29, 0.717) is 19.4 Å². The van der Waals surface area contributed by atoms with Gasteiger partial charge in [0, 0.05) is 31.1 Å². The van der Waals surface area contributed by atoms with Crippen molar-refractivity contribution in [3.63, 3.8) is 0 Å². The van der Waals surface area contributed by atoms with Gasteiger partial charge < -0.3 is 14.9 Å². The number of carbonyl (C=O) groups is 1. The molecule has 0 fully saturated rings. The Morgan fingerprint density at radius 2 is 2.10 bits per heavy atom. The first-order valence-corrected chi connectivity index (χ1v) is 9.52. The summed E-state index contributed by atoms with van der Waals surface area (Å²) in [6.45, 7) is 0.311. The van der Waals surface area contributed by atoms with Crippen molar-refractivity contribution in [1.29, 1.82) is 0 Å². The Morgan fingerprint density at radius 1 is 1.27 bits per heavy atom. The summed E-state index contributed by atoms with van der Waals surface area (Å²) < 4.78 is 19.9. The molecular weight excluding hydrogens is 387 g/mol. The normalized spacial score (nSPS) is 15.4. The van der Waals surface area contributed by atoms with Crippen LogP contribution in [0.1, 0.15) is 17.5 Å². The maximum absolute atomic E-state index is 13.0. The Kier molecular flexibility index (Phi) is 5.74. The van der Waals surface area contributed by atoms with E-state index in [1.165, 1.54) is 12.1 Å². The van der Waals surface area contributed by atoms with Gasteiger partial charge in [-0.2, -0.15) is 5.10 Å². The van der Waals surface area contributed by atoms with Gasteiger partial charge in [0.15, 0.2) is 0 Å². The van der Waals surface area contributed by atoms with E-state index in [4.69, 9.17) is 9.57 Å². The molecule has 1 amide bonds. The molecule has 0 aliphatic carbocycles. The third-order valence-corrected chi connectivity index (χ3v) is 4.76. The van der Waals surface area contributed by atoms with Crippen molar-refractivity contribution in [2.24, 2.45) is 5.16 Å². The number of halogens is 1. The fourth-order valence-electron chi connectivity index (χ4n) is 3.18. The summed E-state index contributed by atoms with van der Waals surface area (Å²) in [7, 11) is 1.62. The number of rotatable bonds is 7. The predicted molar refractivity (Wildman–Crippen MR) is 109 cm³/mol. The van der Waals surface area contributed by atoms with Crippen LogP contribution in [0.5, 0.6) is 5.75 Å². The fraction of sp³-hybridized carbons (Fsp3) is 0.227. The molecule has 1 aliphatic rings. The molecule has 30 heavy (non-hydrogen) atoms. The molecule has 0 radical (unpaired) electrons. The molecular formula is C22H21FN4O3. The van der Waals surface area contributed by atoms with Gasteiger partial charge >= 0.3 is 0 Å². The van der Waals surface area contributed by atoms with E-state index in [-0.39, 0.29) is 11.7 Å². The highest BCUT2D eigenvalue weighted by atomic mass is 19.1. The fourth-order valence-corrected chi connectivity index (χ4v) is 3.18. The first kappa shape index (κ1) is 19.6. The Labute approximate surface area is 173 Å². The van der Waals surface area contributed by atoms with Crippen molar-refractivity contribution in [3.05, 3.63) is 77.9 Å². The number of nitrogens with zero attached hydrogens (tertiary/aromatic N) is 3. The average Bonchev–Trinajstić information content (AvgIpc) is 3.43. The minimum atomic E-state index is -0.641. The van der Waals surface area contributed by atoms with Crippen LogP contribution in [0.25, 0.3) is 5.69 Å². The maximum Gasteiger partial charge on any atom is 0.264 e. The third kappa shape index (κ3) is 4.65. The Bertz CT molecular complexity index is 1060. The summed E-state index contributed by atoms with van der Waals surface area (Å²) in [6, 6.07) is 13.7. The largest absolute Gasteiger partial charge is 0.497 e. The molecule has 7 nitrogen and oxygen atoms in total. The first-order chi connectivity index (χ1) is 14.6. The van der Waals surface area contributed by atoms with Crippen LogP contribution in [0, 0.1) is 5.82 Å². The first-order valence-electron chi connectivity index (χ1n) is 9.52. The monoisotopic (exact) mass is 408 g/mol. The second-order valence-electron chi connectivity index (χ2n) is 6.97. The van der Waals surface area contributed by atoms with Crippen LogP contribution < -0.4 is 10.1 Å². The number of oxime groups is 1. The quantitative estimate of drug-likeness (QED) is 0.652. The summed E-state index contributed by atoms with van der Waals surface area (Å²) >= 11 is 0. The molecule has 2 aromatic carbocycles. The zero-order valence-electron chi connectivity index (χ0n) is 16.4. The number of aromatic nitrogens is 2. The van der Waals surface area contributed by atoms with Gasteiger partial charge in [-0.15, -0.1) is 0 Å². The highest BCUT2D eigenvalue weighted by molar-refractivity contribution is 5.93. The Morgan fingerprint density at radius 3 is 2.90 bits per heavy atom. The van der Waals surface area contributed by atoms with E-state index in [2.05, 4.69) is 15.6 Å². The van der Waals surface area contributed by atoms with Crippen LogP contribution in [0.4, 0.5) is 4.39 Å². The van der Waals surface area contributed by atoms with Crippen molar-refractivity contribution in [2.75, 3.05) is 7.11 Å². The van der Waals surface area contributed by atoms with Crippen LogP contribution in [0.3, 0.4) is 0 Å². The lowest BCUT2D eigenvalue weighted by Gasteiger charge is -2.08. The van der Waals surface area contributed by atoms with Gasteiger partial charge in [0.25, 0.3) is 5.91 Å². The summed E-state index contributed by atoms with van der Waals surface area (Å²) in [5.41, 5.74) is 3.42. The van der Waals surface area contributed by atoms with Crippen molar-refractivity contribution in [1.82, 2.24) is 15.1 Å². The standard InChI is InChI=1S/C22H21FN4O3/c1-29-20-4-2-3-15(10-20)9-18-11-21(30-26-18)22(28)24-12-16-13-25-27(14-16)19-7-5-17(23)6-8-19/h2-8,10,13-14,21H,9,11-12H2,1H3,(H,24,28). The van der Waals surface area contributed by atoms with Gasteiger partial charge in [0.2, 0.25) is 6.10 Å². The van der Waals surface area contributed by atoms with Gasteiger partial charge in [-0.05, 0) is 42.0 Å². The van der Waals surface area contributed by atoms with Crippen molar-refractivity contribution < 1.29 is 18.8 Å². The minimum Gasteiger partial charge on any atom is -0.497 e. The zero-order chi connectivity index (χ0) is 20.9. The molecule has 1 aliphatic heterocycles. The van der Waals surface area contributed by atoms with Crippen LogP contribution >= 0.6 is 0 Å². The van der Waals surface area contributed by atoms with Crippen LogP contribution in [0.15, 0.2) is 66.1 Å². The number of hydrogen-bond donors (Lipinski definition) is 1. The van der Waals surface area contributed by atoms with E-state index >= 15 is 0 Å². The molecule has 2 heterocycles. The number of methoxy groups -OCH3 is 1. The average molecular weight is 408 g/mol. The maximum atomic E-state index is 13.0. The van der Waals surface area contributed by atoms with Crippen molar-refractivity contribution in [2.45, 2.75) is 25.5 Å². The molecule has 1 aromatic heterocycles. The molecule has 4 rings (SSSR count). The summed E-state index contributed by atoms with van der Waals surface area (Å²) in [6.07, 6.45) is 3.85. The van der Waals surface area contributed by atoms with Gasteiger partial charge in [-0.1, -0.05) is 17.3 Å². The lowest BCUT2D eigenvalue weighted by atomic mass is 10.0. The lowest BCUT2D eigenvalue weighted by molar-refractivity contribution is -0.131. The summed E-state index contributed by atoms with van der Waals surface area (Å²) in [4.78, 5) is 17.8. The number of nitrogens with one attached hydrogen (secondary N) is 1. The van der Waals surface area contributed by atoms with Crippen LogP contribution in [-0.4, -0.2) is 34.6 Å². The molecule has 8 heteroatoms. The Balaban J connectivity index is 1.28. The second-order valence-corrected chi connectivity index (χ2v) is 6.97. The molecule has 0 saturated heterocycles. The molecule has 1 atom stereocenters. The minimum absolute atomic E-state index is 0.228. The number of benzene rings is 2. The van der Waals surface area contributed by atoms with E-state index in [1.807, 2.05) is 24.3 Å². The number of amides is 1. The lowest BCUT2D eigenvalue weighted by Crippen LogP contribution is -2.34. The number of ether oxygens (including phenoxy) is 1. The van der Waals surface area contributed by atoms with E-state index < -0.39 is 6.10 Å². The number of carbonyl (C=O) groups excluding carboxylic acids is 1. The SMILES string of the molecule is COc1cccc(CC2=NOC(C(=O)NCc3cnn(-c4ccc(F)cc4)c3)C2)c1. The van der Waals surface area contributed by atoms with Crippen molar-refractivity contribution >= 4 is 11.6 Å². The van der Waals surface area contributed by atoms with Crippen LogP contribution in [0.2, 0.25) is 0 Å². The predicted octanol–water partition coefficient (Wildman–Crippen LogP) is 3.02. The van der Waals surface area contributed by atoms with E-state index in [1.54, 1.807) is 36.3 Å². The molecule has 0 bridgehead atoms. The summed E-state index contributed by atoms with van der Waals surface area (Å²) in [5, 5.41) is 11.2. The van der Waals surface area contributed by atoms with Gasteiger partial charge in [0.05, 0.1) is 24.7 Å². The number of hydrogen-bond acceptors (Lipinski definition) is 5. The van der Waals surface area contributed by atoms with Gasteiger partial charge in [-0.3, -0.25) is 4.79 Å². The molecule has 3 aromatic rings. The second kappa shape index (κ2) is 8.77. The van der Waals surface area contributed by atoms with Crippen molar-refractivity contribution in [3.8, 4) is 11.4 Å². The van der Waals surface area contributed by atoms with Gasteiger partial charge in [-0.25, -0.2) is 9.07 Å². The highest BCUT2D eigenvalue weighted by Gasteiger charge is 2.28. The third-order valence-electron chi connectivity index (χ3n) is 4.76. The van der Waals surface area contributed by atoms with E-state index in [0.717, 1.165) is 28.3 Å².